The van der Waals surface area contributed by atoms with Crippen LogP contribution in [0.1, 0.15) is 50.3 Å². The summed E-state index contributed by atoms with van der Waals surface area (Å²) in [5.74, 6) is 0.0193. The van der Waals surface area contributed by atoms with Gasteiger partial charge in [-0.3, -0.25) is 4.79 Å². The lowest BCUT2D eigenvalue weighted by Crippen LogP contribution is -2.53. The highest BCUT2D eigenvalue weighted by atomic mass is 35.5. The van der Waals surface area contributed by atoms with Crippen LogP contribution in [0.4, 0.5) is 0 Å². The smallest absolute Gasteiger partial charge is 0.223 e. The first-order chi connectivity index (χ1) is 10.1. The number of amides is 1. The van der Waals surface area contributed by atoms with Gasteiger partial charge in [0.15, 0.2) is 0 Å². The molecule has 3 N–H and O–H groups in total. The maximum absolute atomic E-state index is 12.4. The summed E-state index contributed by atoms with van der Waals surface area (Å²) >= 11 is 0. The molecular formula is C17H27ClN2O2. The van der Waals surface area contributed by atoms with Gasteiger partial charge in [-0.05, 0) is 30.4 Å². The first-order valence-corrected chi connectivity index (χ1v) is 7.84. The highest BCUT2D eigenvalue weighted by Crippen LogP contribution is 2.29. The molecular weight excluding hydrogens is 300 g/mol. The van der Waals surface area contributed by atoms with E-state index in [0.717, 1.165) is 24.8 Å². The maximum atomic E-state index is 12.4. The second kappa shape index (κ2) is 8.51. The van der Waals surface area contributed by atoms with Gasteiger partial charge < -0.3 is 15.8 Å². The number of nitrogens with one attached hydrogen (secondary N) is 1. The fourth-order valence-electron chi connectivity index (χ4n) is 2.93. The molecule has 0 bridgehead atoms. The molecule has 1 amide bonds. The summed E-state index contributed by atoms with van der Waals surface area (Å²) in [4.78, 5) is 12.4. The van der Waals surface area contributed by atoms with Crippen LogP contribution in [0.2, 0.25) is 0 Å². The third kappa shape index (κ3) is 4.22. The third-order valence-corrected chi connectivity index (χ3v) is 4.61. The molecule has 1 aromatic carbocycles. The number of nitrogens with two attached hydrogens (primary N) is 1. The maximum Gasteiger partial charge on any atom is 0.223 e. The summed E-state index contributed by atoms with van der Waals surface area (Å²) in [6, 6.07) is 8.21. The van der Waals surface area contributed by atoms with Crippen molar-refractivity contribution in [3.05, 3.63) is 35.4 Å². The van der Waals surface area contributed by atoms with Gasteiger partial charge in [-0.2, -0.15) is 0 Å². The minimum absolute atomic E-state index is 0. The molecule has 4 nitrogen and oxygen atoms in total. The molecule has 0 spiro atoms. The Morgan fingerprint density at radius 1 is 1.36 bits per heavy atom. The Kier molecular flexibility index (Phi) is 7.33. The Labute approximate surface area is 139 Å². The van der Waals surface area contributed by atoms with Gasteiger partial charge in [0.2, 0.25) is 5.91 Å². The van der Waals surface area contributed by atoms with E-state index in [0.29, 0.717) is 19.6 Å². The van der Waals surface area contributed by atoms with Gasteiger partial charge in [0, 0.05) is 6.54 Å². The number of hydrogen-bond acceptors (Lipinski definition) is 3. The molecule has 0 aromatic heterocycles. The van der Waals surface area contributed by atoms with Crippen molar-refractivity contribution >= 4 is 18.3 Å². The molecule has 0 saturated carbocycles. The van der Waals surface area contributed by atoms with Crippen LogP contribution in [0.5, 0.6) is 0 Å². The molecule has 1 atom stereocenters. The molecule has 1 aromatic rings. The van der Waals surface area contributed by atoms with Crippen LogP contribution in [0.3, 0.4) is 0 Å². The number of rotatable bonds is 6. The van der Waals surface area contributed by atoms with E-state index in [9.17, 15) is 4.79 Å². The van der Waals surface area contributed by atoms with Crippen molar-refractivity contribution in [1.29, 1.82) is 0 Å². The minimum atomic E-state index is -0.286. The first kappa shape index (κ1) is 18.9. The fraction of sp³-hybridized carbons (Fsp3) is 0.588. The summed E-state index contributed by atoms with van der Waals surface area (Å²) in [6.45, 7) is 5.26. The highest BCUT2D eigenvalue weighted by Gasteiger charge is 2.29. The Hall–Kier alpha value is -1.10. The average molecular weight is 327 g/mol. The molecule has 1 unspecified atom stereocenters. The summed E-state index contributed by atoms with van der Waals surface area (Å²) < 4.78 is 5.80. The van der Waals surface area contributed by atoms with E-state index in [1.807, 2.05) is 12.1 Å². The van der Waals surface area contributed by atoms with Crippen molar-refractivity contribution in [1.82, 2.24) is 5.32 Å². The number of fused-ring (bicyclic) bond motifs is 1. The van der Waals surface area contributed by atoms with Crippen LogP contribution in [0.15, 0.2) is 24.3 Å². The highest BCUT2D eigenvalue weighted by molar-refractivity contribution is 5.85. The molecule has 124 valence electrons. The minimum Gasteiger partial charge on any atom is -0.373 e. The lowest BCUT2D eigenvalue weighted by Gasteiger charge is -2.33. The second-order valence-corrected chi connectivity index (χ2v) is 5.75. The number of carbonyl (C=O) groups excluding carboxylic acids is 1. The summed E-state index contributed by atoms with van der Waals surface area (Å²) in [7, 11) is 0. The van der Waals surface area contributed by atoms with Crippen LogP contribution in [0.25, 0.3) is 0 Å². The molecule has 0 saturated heterocycles. The predicted octanol–water partition coefficient (Wildman–Crippen LogP) is 2.75. The van der Waals surface area contributed by atoms with Gasteiger partial charge in [0.05, 0.1) is 24.7 Å². The molecule has 0 radical (unpaired) electrons. The van der Waals surface area contributed by atoms with Gasteiger partial charge in [0.25, 0.3) is 0 Å². The molecule has 1 aliphatic heterocycles. The van der Waals surface area contributed by atoms with E-state index in [1.165, 1.54) is 5.56 Å². The molecule has 0 fully saturated rings. The van der Waals surface area contributed by atoms with Crippen molar-refractivity contribution in [3.8, 4) is 0 Å². The quantitative estimate of drug-likeness (QED) is 0.845. The van der Waals surface area contributed by atoms with Gasteiger partial charge in [-0.25, -0.2) is 0 Å². The zero-order valence-corrected chi connectivity index (χ0v) is 14.2. The Morgan fingerprint density at radius 2 is 2.05 bits per heavy atom. The third-order valence-electron chi connectivity index (χ3n) is 4.61. The standard InChI is InChI=1S/C17H26N2O2.ClH/c1-3-17(4-2,12-18)19-16(20)11-15-14-8-6-5-7-13(14)9-10-21-15;/h5-8,15H,3-4,9-12,18H2,1-2H3,(H,19,20);1H. The van der Waals surface area contributed by atoms with Crippen LogP contribution >= 0.6 is 12.4 Å². The summed E-state index contributed by atoms with van der Waals surface area (Å²) in [5.41, 5.74) is 7.99. The zero-order valence-electron chi connectivity index (χ0n) is 13.4. The van der Waals surface area contributed by atoms with E-state index in [1.54, 1.807) is 0 Å². The van der Waals surface area contributed by atoms with Crippen LogP contribution in [-0.4, -0.2) is 24.6 Å². The number of ether oxygens (including phenoxy) is 1. The Bertz CT molecular complexity index is 481. The molecule has 1 aliphatic rings. The number of carbonyl (C=O) groups is 1. The predicted molar refractivity (Wildman–Crippen MR) is 91.2 cm³/mol. The lowest BCUT2D eigenvalue weighted by atomic mass is 9.91. The zero-order chi connectivity index (χ0) is 15.3. The number of halogens is 1. The van der Waals surface area contributed by atoms with Crippen LogP contribution < -0.4 is 11.1 Å². The van der Waals surface area contributed by atoms with E-state index in [2.05, 4.69) is 31.3 Å². The fourth-order valence-corrected chi connectivity index (χ4v) is 2.93. The van der Waals surface area contributed by atoms with E-state index < -0.39 is 0 Å². The Morgan fingerprint density at radius 3 is 2.68 bits per heavy atom. The van der Waals surface area contributed by atoms with Crippen molar-refractivity contribution in [2.75, 3.05) is 13.2 Å². The van der Waals surface area contributed by atoms with E-state index in [-0.39, 0.29) is 30.0 Å². The van der Waals surface area contributed by atoms with Gasteiger partial charge in [0.1, 0.15) is 0 Å². The van der Waals surface area contributed by atoms with E-state index >= 15 is 0 Å². The van der Waals surface area contributed by atoms with E-state index in [4.69, 9.17) is 10.5 Å². The topological polar surface area (TPSA) is 64.3 Å². The van der Waals surface area contributed by atoms with Crippen LogP contribution in [-0.2, 0) is 16.0 Å². The normalized spacial score (nSPS) is 17.3. The lowest BCUT2D eigenvalue weighted by molar-refractivity contribution is -0.126. The SMILES string of the molecule is CCC(CC)(CN)NC(=O)CC1OCCc2ccccc21.Cl. The molecule has 5 heteroatoms. The molecule has 0 aliphatic carbocycles. The monoisotopic (exact) mass is 326 g/mol. The van der Waals surface area contributed by atoms with Gasteiger partial charge in [-0.1, -0.05) is 38.1 Å². The van der Waals surface area contributed by atoms with Crippen molar-refractivity contribution in [2.24, 2.45) is 5.73 Å². The number of hydrogen-bond donors (Lipinski definition) is 2. The largest absolute Gasteiger partial charge is 0.373 e. The van der Waals surface area contributed by atoms with Crippen molar-refractivity contribution in [2.45, 2.75) is 51.2 Å². The van der Waals surface area contributed by atoms with Crippen molar-refractivity contribution < 1.29 is 9.53 Å². The van der Waals surface area contributed by atoms with Crippen LogP contribution in [0, 0.1) is 0 Å². The first-order valence-electron chi connectivity index (χ1n) is 7.84. The Balaban J connectivity index is 0.00000242. The summed E-state index contributed by atoms with van der Waals surface area (Å²) in [6.07, 6.45) is 2.82. The number of benzene rings is 1. The van der Waals surface area contributed by atoms with Gasteiger partial charge >= 0.3 is 0 Å². The van der Waals surface area contributed by atoms with Crippen molar-refractivity contribution in [3.63, 3.8) is 0 Å². The average Bonchev–Trinajstić information content (AvgIpc) is 2.53. The molecule has 2 rings (SSSR count). The molecule has 22 heavy (non-hydrogen) atoms. The molecule has 1 heterocycles. The summed E-state index contributed by atoms with van der Waals surface area (Å²) in [5, 5.41) is 3.11. The van der Waals surface area contributed by atoms with Gasteiger partial charge in [-0.15, -0.1) is 12.4 Å². The second-order valence-electron chi connectivity index (χ2n) is 5.75.